The minimum Gasteiger partial charge on any atom is -0.394 e. The van der Waals surface area contributed by atoms with E-state index >= 15 is 0 Å². The monoisotopic (exact) mass is 178 g/mol. The Labute approximate surface area is 68.4 Å². The van der Waals surface area contributed by atoms with Gasteiger partial charge in [-0.25, -0.2) is 0 Å². The normalized spacial score (nSPS) is 17.9. The zero-order valence-electron chi connectivity index (χ0n) is 6.16. The van der Waals surface area contributed by atoms with Gasteiger partial charge in [-0.3, -0.25) is 4.79 Å². The third-order valence-corrected chi connectivity index (χ3v) is 1.13. The third kappa shape index (κ3) is 3.54. The summed E-state index contributed by atoms with van der Waals surface area (Å²) in [6.45, 7) is -0.662. The van der Waals surface area contributed by atoms with Crippen molar-refractivity contribution in [2.45, 2.75) is 18.5 Å². The van der Waals surface area contributed by atoms with E-state index in [4.69, 9.17) is 15.3 Å². The number of rotatable bonds is 6. The molecule has 6 nitrogen and oxygen atoms in total. The zero-order valence-corrected chi connectivity index (χ0v) is 6.16. The van der Waals surface area contributed by atoms with Gasteiger partial charge in [0.1, 0.15) is 12.2 Å². The number of aldehydes is 2. The van der Waals surface area contributed by atoms with Crippen LogP contribution in [-0.2, 0) is 14.3 Å². The highest BCUT2D eigenvalue weighted by Crippen LogP contribution is 1.98. The summed E-state index contributed by atoms with van der Waals surface area (Å²) in [5, 5.41) is 25.9. The molecule has 0 spiro atoms. The van der Waals surface area contributed by atoms with Crippen LogP contribution in [0.3, 0.4) is 0 Å². The third-order valence-electron chi connectivity index (χ3n) is 1.13. The summed E-state index contributed by atoms with van der Waals surface area (Å²) in [6.07, 6.45) is -4.36. The first kappa shape index (κ1) is 11.2. The first-order valence-corrected chi connectivity index (χ1v) is 3.18. The molecule has 0 heterocycles. The second kappa shape index (κ2) is 5.78. The van der Waals surface area contributed by atoms with Crippen molar-refractivity contribution in [2.75, 3.05) is 6.61 Å². The lowest BCUT2D eigenvalue weighted by molar-refractivity contribution is -0.175. The van der Waals surface area contributed by atoms with Crippen LogP contribution in [0.1, 0.15) is 0 Å². The van der Waals surface area contributed by atoms with Gasteiger partial charge in [-0.15, -0.1) is 0 Å². The van der Waals surface area contributed by atoms with Gasteiger partial charge in [-0.2, -0.15) is 0 Å². The molecule has 0 aliphatic rings. The molecule has 0 saturated carbocycles. The highest BCUT2D eigenvalue weighted by molar-refractivity contribution is 5.57. The summed E-state index contributed by atoms with van der Waals surface area (Å²) in [5.74, 6) is 0. The average Bonchev–Trinajstić information content (AvgIpc) is 2.12. The predicted molar refractivity (Wildman–Crippen MR) is 36.1 cm³/mol. The maximum atomic E-state index is 9.96. The molecule has 12 heavy (non-hydrogen) atoms. The number of carbonyl (C=O) groups is 2. The Morgan fingerprint density at radius 3 is 2.17 bits per heavy atom. The number of aliphatic hydroxyl groups excluding tert-OH is 3. The molecule has 0 amide bonds. The fraction of sp³-hybridized carbons (Fsp3) is 0.667. The highest BCUT2D eigenvalue weighted by Gasteiger charge is 2.21. The molecule has 0 saturated heterocycles. The summed E-state index contributed by atoms with van der Waals surface area (Å²) in [5.41, 5.74) is 0. The summed E-state index contributed by atoms with van der Waals surface area (Å²) >= 11 is 0. The fourth-order valence-electron chi connectivity index (χ4n) is 0.530. The van der Waals surface area contributed by atoms with E-state index in [1.54, 1.807) is 0 Å². The summed E-state index contributed by atoms with van der Waals surface area (Å²) in [7, 11) is 0. The molecule has 0 bridgehead atoms. The molecule has 0 rings (SSSR count). The van der Waals surface area contributed by atoms with Gasteiger partial charge in [0.05, 0.1) is 6.61 Å². The van der Waals surface area contributed by atoms with Crippen molar-refractivity contribution in [1.82, 2.24) is 0 Å². The van der Waals surface area contributed by atoms with E-state index in [1.165, 1.54) is 0 Å². The number of hydrogen-bond donors (Lipinski definition) is 3. The van der Waals surface area contributed by atoms with E-state index in [1.807, 2.05) is 0 Å². The van der Waals surface area contributed by atoms with E-state index in [-0.39, 0.29) is 12.6 Å². The summed E-state index contributed by atoms with van der Waals surface area (Å²) in [4.78, 5) is 19.8. The molecule has 0 radical (unpaired) electrons. The van der Waals surface area contributed by atoms with Crippen LogP contribution >= 0.6 is 0 Å². The molecule has 0 aliphatic heterocycles. The van der Waals surface area contributed by atoms with Crippen molar-refractivity contribution in [3.8, 4) is 0 Å². The minimum atomic E-state index is -1.74. The smallest absolute Gasteiger partial charge is 0.212 e. The molecule has 3 N–H and O–H groups in total. The Bertz CT molecular complexity index is 147. The number of hydrogen-bond acceptors (Lipinski definition) is 6. The lowest BCUT2D eigenvalue weighted by Gasteiger charge is -2.17. The van der Waals surface area contributed by atoms with E-state index in [9.17, 15) is 9.59 Å². The van der Waals surface area contributed by atoms with E-state index in [0.717, 1.165) is 0 Å². The van der Waals surface area contributed by atoms with Crippen molar-refractivity contribution in [2.24, 2.45) is 0 Å². The second-order valence-electron chi connectivity index (χ2n) is 2.01. The van der Waals surface area contributed by atoms with Crippen LogP contribution in [0.25, 0.3) is 0 Å². The standard InChI is InChI=1S/C6H10O6/c7-1-4(10)5(2-8)12-6(11)3-9/h1,3-6,8,10-11H,2H2/t4-,5+,6-/m0/s1. The van der Waals surface area contributed by atoms with E-state index in [0.29, 0.717) is 0 Å². The molecule has 0 aromatic rings. The Kier molecular flexibility index (Phi) is 5.39. The molecule has 0 aromatic heterocycles. The predicted octanol–water partition coefficient (Wildman–Crippen LogP) is -2.56. The maximum absolute atomic E-state index is 9.96. The van der Waals surface area contributed by atoms with Gasteiger partial charge in [0.25, 0.3) is 0 Å². The number of ether oxygens (including phenoxy) is 1. The van der Waals surface area contributed by atoms with Crippen LogP contribution in [0.2, 0.25) is 0 Å². The zero-order chi connectivity index (χ0) is 9.56. The Morgan fingerprint density at radius 1 is 1.25 bits per heavy atom. The van der Waals surface area contributed by atoms with Crippen molar-refractivity contribution in [3.05, 3.63) is 0 Å². The Hall–Kier alpha value is -0.820. The quantitative estimate of drug-likeness (QED) is 0.305. The van der Waals surface area contributed by atoms with Crippen molar-refractivity contribution < 1.29 is 29.6 Å². The van der Waals surface area contributed by atoms with Gasteiger partial charge < -0.3 is 24.9 Å². The van der Waals surface area contributed by atoms with Crippen LogP contribution < -0.4 is 0 Å². The summed E-state index contributed by atoms with van der Waals surface area (Å²) in [6, 6.07) is 0. The minimum absolute atomic E-state index is 0.0696. The van der Waals surface area contributed by atoms with E-state index < -0.39 is 25.1 Å². The van der Waals surface area contributed by atoms with Crippen LogP contribution in [0, 0.1) is 0 Å². The van der Waals surface area contributed by atoms with Gasteiger partial charge in [0.2, 0.25) is 6.29 Å². The number of aliphatic hydroxyl groups is 3. The topological polar surface area (TPSA) is 104 Å². The van der Waals surface area contributed by atoms with E-state index in [2.05, 4.69) is 4.74 Å². The average molecular weight is 178 g/mol. The maximum Gasteiger partial charge on any atom is 0.212 e. The Balaban J connectivity index is 3.97. The van der Waals surface area contributed by atoms with Crippen molar-refractivity contribution in [3.63, 3.8) is 0 Å². The first-order valence-electron chi connectivity index (χ1n) is 3.18. The van der Waals surface area contributed by atoms with Crippen LogP contribution in [0.5, 0.6) is 0 Å². The molecule has 0 aromatic carbocycles. The highest BCUT2D eigenvalue weighted by atomic mass is 16.6. The molecule has 0 unspecified atom stereocenters. The molecular formula is C6H10O6. The van der Waals surface area contributed by atoms with Gasteiger partial charge >= 0.3 is 0 Å². The first-order chi connectivity index (χ1) is 5.65. The fourth-order valence-corrected chi connectivity index (χ4v) is 0.530. The molecule has 0 fully saturated rings. The lowest BCUT2D eigenvalue weighted by Crippen LogP contribution is -2.37. The SMILES string of the molecule is O=C[C@@H](O)O[C@H](CO)[C@@H](O)C=O. The van der Waals surface area contributed by atoms with Crippen LogP contribution in [0.4, 0.5) is 0 Å². The number of carbonyl (C=O) groups excluding carboxylic acids is 2. The van der Waals surface area contributed by atoms with Gasteiger partial charge in [0, 0.05) is 0 Å². The van der Waals surface area contributed by atoms with Crippen LogP contribution in [0.15, 0.2) is 0 Å². The van der Waals surface area contributed by atoms with Gasteiger partial charge in [-0.05, 0) is 0 Å². The second-order valence-corrected chi connectivity index (χ2v) is 2.01. The summed E-state index contributed by atoms with van der Waals surface area (Å²) < 4.78 is 4.36. The molecule has 6 heteroatoms. The van der Waals surface area contributed by atoms with Crippen molar-refractivity contribution >= 4 is 12.6 Å². The molecule has 3 atom stereocenters. The van der Waals surface area contributed by atoms with Crippen molar-refractivity contribution in [1.29, 1.82) is 0 Å². The Morgan fingerprint density at radius 2 is 1.83 bits per heavy atom. The van der Waals surface area contributed by atoms with Gasteiger partial charge in [-0.1, -0.05) is 0 Å². The van der Waals surface area contributed by atoms with Crippen LogP contribution in [-0.4, -0.2) is 53.0 Å². The molecular weight excluding hydrogens is 168 g/mol. The van der Waals surface area contributed by atoms with Gasteiger partial charge in [0.15, 0.2) is 12.6 Å². The molecule has 0 aliphatic carbocycles. The lowest BCUT2D eigenvalue weighted by atomic mass is 10.2. The molecule has 70 valence electrons. The largest absolute Gasteiger partial charge is 0.394 e.